The Kier molecular flexibility index (Phi) is 5.83. The van der Waals surface area contributed by atoms with Gasteiger partial charge in [-0.3, -0.25) is 4.79 Å². The van der Waals surface area contributed by atoms with Crippen LogP contribution in [-0.4, -0.2) is 30.3 Å². The van der Waals surface area contributed by atoms with Crippen molar-refractivity contribution in [1.29, 1.82) is 0 Å². The number of rotatable bonds is 4. The van der Waals surface area contributed by atoms with Crippen LogP contribution < -0.4 is 5.32 Å². The van der Waals surface area contributed by atoms with E-state index in [9.17, 15) is 22.7 Å². The molecule has 9 heteroatoms. The number of amides is 1. The number of hydrogen-bond donors (Lipinski definition) is 2. The molecule has 2 saturated carbocycles. The van der Waals surface area contributed by atoms with Gasteiger partial charge in [-0.1, -0.05) is 23.2 Å². The normalized spacial score (nSPS) is 27.8. The second-order valence-corrected chi connectivity index (χ2v) is 11.6. The summed E-state index contributed by atoms with van der Waals surface area (Å²) in [5.74, 6) is -1.42. The zero-order chi connectivity index (χ0) is 22.6. The molecule has 0 aliphatic heterocycles. The molecule has 2 aromatic rings. The largest absolute Gasteiger partial charge is 0.390 e. The van der Waals surface area contributed by atoms with Crippen LogP contribution in [0.15, 0.2) is 41.3 Å². The molecule has 1 amide bonds. The minimum absolute atomic E-state index is 0.0405. The molecule has 2 aliphatic carbocycles. The van der Waals surface area contributed by atoms with Gasteiger partial charge in [-0.2, -0.15) is 0 Å². The zero-order valence-electron chi connectivity index (χ0n) is 16.7. The number of nitrogens with one attached hydrogen (secondary N) is 1. The number of anilines is 1. The van der Waals surface area contributed by atoms with Crippen LogP contribution in [0.5, 0.6) is 0 Å². The van der Waals surface area contributed by atoms with Gasteiger partial charge in [-0.25, -0.2) is 12.8 Å². The molecular weight excluding hydrogens is 464 g/mol. The number of fused-ring (bicyclic) bond motifs is 2. The van der Waals surface area contributed by atoms with Gasteiger partial charge in [0.25, 0.3) is 5.91 Å². The van der Waals surface area contributed by atoms with Crippen LogP contribution in [0.2, 0.25) is 10.0 Å². The SMILES string of the molecule is CC1(O)C2CC[C@H]1CC(S(=O)(=O)c1cc(C(=O)Nc3ccc(Cl)c(F)c3)ccc1Cl)C2. The summed E-state index contributed by atoms with van der Waals surface area (Å²) in [5, 5.41) is 12.5. The van der Waals surface area contributed by atoms with Gasteiger partial charge >= 0.3 is 0 Å². The molecule has 0 saturated heterocycles. The molecule has 3 unspecified atom stereocenters. The highest BCUT2D eigenvalue weighted by Gasteiger charge is 2.53. The molecule has 0 spiro atoms. The highest BCUT2D eigenvalue weighted by molar-refractivity contribution is 7.92. The van der Waals surface area contributed by atoms with E-state index in [1.165, 1.54) is 30.3 Å². The number of halogens is 3. The lowest BCUT2D eigenvalue weighted by atomic mass is 9.76. The second-order valence-electron chi connectivity index (χ2n) is 8.56. The van der Waals surface area contributed by atoms with Crippen molar-refractivity contribution < 1.29 is 22.7 Å². The van der Waals surface area contributed by atoms with Gasteiger partial charge in [-0.15, -0.1) is 0 Å². The molecule has 0 heterocycles. The van der Waals surface area contributed by atoms with E-state index in [0.717, 1.165) is 18.9 Å². The second kappa shape index (κ2) is 8.03. The number of aliphatic hydroxyl groups is 1. The highest BCUT2D eigenvalue weighted by Crippen LogP contribution is 2.51. The fraction of sp³-hybridized carbons (Fsp3) is 0.409. The van der Waals surface area contributed by atoms with Crippen molar-refractivity contribution in [1.82, 2.24) is 0 Å². The van der Waals surface area contributed by atoms with E-state index in [-0.39, 0.29) is 38.0 Å². The third kappa shape index (κ3) is 4.09. The predicted molar refractivity (Wildman–Crippen MR) is 118 cm³/mol. The topological polar surface area (TPSA) is 83.5 Å². The Bertz CT molecular complexity index is 1140. The third-order valence-corrected chi connectivity index (χ3v) is 9.69. The lowest BCUT2D eigenvalue weighted by molar-refractivity contribution is -0.0413. The van der Waals surface area contributed by atoms with Crippen LogP contribution in [0.4, 0.5) is 10.1 Å². The van der Waals surface area contributed by atoms with E-state index in [4.69, 9.17) is 23.2 Å². The number of carbonyl (C=O) groups is 1. The standard InChI is InChI=1S/C22H22Cl2FNO4S/c1-22(28)13-3-4-14(22)10-16(9-13)31(29,30)20-8-12(2-6-18(20)24)21(27)26-15-5-7-17(23)19(25)11-15/h2,5-8,11,13-14,16,28H,3-4,9-10H2,1H3,(H,26,27)/t13-,14?,16?,22?/m0/s1. The van der Waals surface area contributed by atoms with Gasteiger partial charge in [0.2, 0.25) is 0 Å². The molecule has 166 valence electrons. The summed E-state index contributed by atoms with van der Waals surface area (Å²) in [5.41, 5.74) is -0.563. The minimum atomic E-state index is -3.81. The average Bonchev–Trinajstić information content (AvgIpc) is 2.87. The number of benzene rings is 2. The summed E-state index contributed by atoms with van der Waals surface area (Å²) >= 11 is 11.9. The van der Waals surface area contributed by atoms with Crippen LogP contribution in [0.3, 0.4) is 0 Å². The van der Waals surface area contributed by atoms with E-state index >= 15 is 0 Å². The summed E-state index contributed by atoms with van der Waals surface area (Å²) in [6.07, 6.45) is 2.33. The molecule has 2 N–H and O–H groups in total. The quantitative estimate of drug-likeness (QED) is 0.630. The molecule has 2 aromatic carbocycles. The van der Waals surface area contributed by atoms with Gasteiger partial charge in [0, 0.05) is 11.3 Å². The van der Waals surface area contributed by atoms with Gasteiger partial charge in [0.1, 0.15) is 5.82 Å². The predicted octanol–water partition coefficient (Wildman–Crippen LogP) is 5.10. The molecule has 0 radical (unpaired) electrons. The van der Waals surface area contributed by atoms with Gasteiger partial charge < -0.3 is 10.4 Å². The van der Waals surface area contributed by atoms with E-state index in [0.29, 0.717) is 12.8 Å². The molecule has 0 aromatic heterocycles. The van der Waals surface area contributed by atoms with Crippen LogP contribution in [0, 0.1) is 17.7 Å². The Morgan fingerprint density at radius 2 is 1.71 bits per heavy atom. The molecule has 2 aliphatic rings. The Morgan fingerprint density at radius 1 is 1.10 bits per heavy atom. The first-order valence-electron chi connectivity index (χ1n) is 10.0. The monoisotopic (exact) mass is 485 g/mol. The van der Waals surface area contributed by atoms with Gasteiger partial charge in [-0.05, 0) is 80.8 Å². The molecule has 31 heavy (non-hydrogen) atoms. The number of carbonyl (C=O) groups excluding carboxylic acids is 1. The lowest BCUT2D eigenvalue weighted by Crippen LogP contribution is -2.45. The summed E-state index contributed by atoms with van der Waals surface area (Å²) < 4.78 is 40.4. The van der Waals surface area contributed by atoms with Crippen molar-refractivity contribution in [3.63, 3.8) is 0 Å². The zero-order valence-corrected chi connectivity index (χ0v) is 19.1. The van der Waals surface area contributed by atoms with Crippen molar-refractivity contribution >= 4 is 44.6 Å². The summed E-state index contributed by atoms with van der Waals surface area (Å²) in [4.78, 5) is 12.5. The maximum atomic E-state index is 13.6. The van der Waals surface area contributed by atoms with Crippen molar-refractivity contribution in [2.75, 3.05) is 5.32 Å². The van der Waals surface area contributed by atoms with Crippen molar-refractivity contribution in [3.8, 4) is 0 Å². The first-order chi connectivity index (χ1) is 14.5. The van der Waals surface area contributed by atoms with E-state index in [1.807, 2.05) is 0 Å². The Morgan fingerprint density at radius 3 is 2.32 bits per heavy atom. The van der Waals surface area contributed by atoms with Crippen LogP contribution in [-0.2, 0) is 9.84 Å². The summed E-state index contributed by atoms with van der Waals surface area (Å²) in [7, 11) is -3.81. The minimum Gasteiger partial charge on any atom is -0.390 e. The number of sulfone groups is 1. The smallest absolute Gasteiger partial charge is 0.255 e. The molecule has 2 fully saturated rings. The average molecular weight is 486 g/mol. The first-order valence-corrected chi connectivity index (χ1v) is 12.3. The Balaban J connectivity index is 1.60. The van der Waals surface area contributed by atoms with Crippen molar-refractivity contribution in [2.45, 2.75) is 48.4 Å². The van der Waals surface area contributed by atoms with Gasteiger partial charge in [0.15, 0.2) is 9.84 Å². The lowest BCUT2D eigenvalue weighted by Gasteiger charge is -2.40. The molecule has 4 rings (SSSR count). The van der Waals surface area contributed by atoms with E-state index < -0.39 is 32.4 Å². The summed E-state index contributed by atoms with van der Waals surface area (Å²) in [6.45, 7) is 1.79. The van der Waals surface area contributed by atoms with Crippen LogP contribution in [0.25, 0.3) is 0 Å². The van der Waals surface area contributed by atoms with Crippen molar-refractivity contribution in [2.24, 2.45) is 11.8 Å². The highest BCUT2D eigenvalue weighted by atomic mass is 35.5. The van der Waals surface area contributed by atoms with Gasteiger partial charge in [0.05, 0.1) is 25.8 Å². The fourth-order valence-corrected chi connectivity index (χ4v) is 7.36. The van der Waals surface area contributed by atoms with E-state index in [2.05, 4.69) is 5.32 Å². The number of hydrogen-bond acceptors (Lipinski definition) is 4. The fourth-order valence-electron chi connectivity index (χ4n) is 4.84. The molecule has 2 bridgehead atoms. The van der Waals surface area contributed by atoms with Crippen LogP contribution in [0.1, 0.15) is 43.0 Å². The van der Waals surface area contributed by atoms with Crippen LogP contribution >= 0.6 is 23.2 Å². The Labute approximate surface area is 190 Å². The third-order valence-electron chi connectivity index (χ3n) is 6.73. The van der Waals surface area contributed by atoms with E-state index in [1.54, 1.807) is 6.92 Å². The maximum absolute atomic E-state index is 13.6. The van der Waals surface area contributed by atoms with Crippen molar-refractivity contribution in [3.05, 3.63) is 57.8 Å². The molecule has 5 nitrogen and oxygen atoms in total. The molecule has 4 atom stereocenters. The Hall–Kier alpha value is -1.67. The summed E-state index contributed by atoms with van der Waals surface area (Å²) in [6, 6.07) is 7.89. The molecular formula is C22H22Cl2FNO4S. The maximum Gasteiger partial charge on any atom is 0.255 e. The first kappa shape index (κ1) is 22.5.